The number of carbonyl (C=O) groups is 2. The van der Waals surface area contributed by atoms with Crippen molar-refractivity contribution >= 4 is 35.1 Å². The number of ketones is 1. The number of hydrogen-bond donors (Lipinski definition) is 0. The second kappa shape index (κ2) is 9.83. The third-order valence-electron chi connectivity index (χ3n) is 5.13. The highest BCUT2D eigenvalue weighted by molar-refractivity contribution is 7.99. The van der Waals surface area contributed by atoms with Gasteiger partial charge in [-0.3, -0.25) is 14.2 Å². The van der Waals surface area contributed by atoms with Crippen molar-refractivity contribution in [2.45, 2.75) is 37.5 Å². The Bertz CT molecular complexity index is 1130. The maximum absolute atomic E-state index is 13.3. The lowest BCUT2D eigenvalue weighted by Crippen LogP contribution is -2.18. The molecule has 1 aliphatic carbocycles. The van der Waals surface area contributed by atoms with Crippen molar-refractivity contribution in [3.8, 4) is 5.75 Å². The van der Waals surface area contributed by atoms with E-state index in [2.05, 4.69) is 9.72 Å². The summed E-state index contributed by atoms with van der Waals surface area (Å²) in [4.78, 5) is 30.5. The van der Waals surface area contributed by atoms with Gasteiger partial charge in [-0.15, -0.1) is 0 Å². The van der Waals surface area contributed by atoms with E-state index < -0.39 is 6.61 Å². The van der Waals surface area contributed by atoms with E-state index in [1.54, 1.807) is 28.8 Å². The van der Waals surface area contributed by atoms with Crippen LogP contribution in [0.5, 0.6) is 5.75 Å². The Labute approximate surface area is 192 Å². The van der Waals surface area contributed by atoms with Gasteiger partial charge in [0.25, 0.3) is 5.91 Å². The third-order valence-corrected chi connectivity index (χ3v) is 6.32. The van der Waals surface area contributed by atoms with Crippen molar-refractivity contribution < 1.29 is 23.1 Å². The number of nitrogens with zero attached hydrogens (tertiary/aromatic N) is 2. The Balaban J connectivity index is 1.58. The van der Waals surface area contributed by atoms with Gasteiger partial charge in [-0.2, -0.15) is 8.78 Å². The molecule has 0 N–H and O–H groups in total. The molecule has 0 bridgehead atoms. The maximum Gasteiger partial charge on any atom is 0.387 e. The van der Waals surface area contributed by atoms with Crippen LogP contribution >= 0.6 is 23.4 Å². The number of alkyl halides is 2. The van der Waals surface area contributed by atoms with Crippen LogP contribution in [0.4, 0.5) is 8.78 Å². The van der Waals surface area contributed by atoms with Gasteiger partial charge in [-0.05, 0) is 74.2 Å². The van der Waals surface area contributed by atoms with Crippen LogP contribution in [0.25, 0.3) is 0 Å². The van der Waals surface area contributed by atoms with Crippen molar-refractivity contribution in [1.82, 2.24) is 9.55 Å². The molecule has 3 aromatic rings. The molecule has 0 radical (unpaired) electrons. The molecule has 0 saturated heterocycles. The fourth-order valence-electron chi connectivity index (χ4n) is 3.58. The molecule has 0 fully saturated rings. The molecule has 1 aromatic heterocycles. The molecule has 9 heteroatoms. The minimum atomic E-state index is -2.93. The highest BCUT2D eigenvalue weighted by Gasteiger charge is 2.25. The number of aryl methyl sites for hydroxylation is 1. The fourth-order valence-corrected chi connectivity index (χ4v) is 4.63. The smallest absolute Gasteiger partial charge is 0.387 e. The summed E-state index contributed by atoms with van der Waals surface area (Å²) in [5, 5.41) is 1.00. The summed E-state index contributed by atoms with van der Waals surface area (Å²) in [7, 11) is 0. The summed E-state index contributed by atoms with van der Waals surface area (Å²) in [5.41, 5.74) is 2.56. The van der Waals surface area contributed by atoms with Crippen LogP contribution in [-0.2, 0) is 12.8 Å². The summed E-state index contributed by atoms with van der Waals surface area (Å²) in [6.45, 7) is -2.93. The molecule has 0 amide bonds. The van der Waals surface area contributed by atoms with E-state index in [1.807, 2.05) is 0 Å². The van der Waals surface area contributed by atoms with E-state index in [-0.39, 0.29) is 23.2 Å². The van der Waals surface area contributed by atoms with Crippen LogP contribution in [0.1, 0.15) is 44.9 Å². The van der Waals surface area contributed by atoms with E-state index in [9.17, 15) is 18.4 Å². The zero-order valence-electron chi connectivity index (χ0n) is 16.9. The molecule has 0 saturated carbocycles. The van der Waals surface area contributed by atoms with E-state index in [0.29, 0.717) is 27.7 Å². The van der Waals surface area contributed by atoms with Gasteiger partial charge in [0, 0.05) is 21.8 Å². The molecule has 1 aliphatic rings. The zero-order chi connectivity index (χ0) is 22.7. The molecule has 0 spiro atoms. The standard InChI is InChI=1S/C23H19ClF2N2O3S/c24-16-9-5-14(6-10-16)20(29)13-32-23-27-18-3-1-2-4-19(18)28(23)21(30)15-7-11-17(12-8-15)31-22(25)26/h5-12,22H,1-4,13H2. The monoisotopic (exact) mass is 476 g/mol. The molecule has 1 heterocycles. The van der Waals surface area contributed by atoms with Gasteiger partial charge in [0.15, 0.2) is 10.9 Å². The van der Waals surface area contributed by atoms with Crippen molar-refractivity contribution in [3.05, 3.63) is 76.1 Å². The van der Waals surface area contributed by atoms with Gasteiger partial charge < -0.3 is 4.74 Å². The summed E-state index contributed by atoms with van der Waals surface area (Å²) in [5.74, 6) is -0.315. The van der Waals surface area contributed by atoms with Crippen molar-refractivity contribution in [2.75, 3.05) is 5.75 Å². The lowest BCUT2D eigenvalue weighted by atomic mass is 10.0. The molecule has 0 aliphatic heterocycles. The molecule has 0 atom stereocenters. The molecular weight excluding hydrogens is 458 g/mol. The van der Waals surface area contributed by atoms with Crippen molar-refractivity contribution in [2.24, 2.45) is 0 Å². The van der Waals surface area contributed by atoms with Crippen molar-refractivity contribution in [3.63, 3.8) is 0 Å². The van der Waals surface area contributed by atoms with E-state index in [4.69, 9.17) is 11.6 Å². The third kappa shape index (κ3) is 5.02. The number of imidazole rings is 1. The first-order chi connectivity index (χ1) is 15.4. The Hall–Kier alpha value is -2.71. The number of benzene rings is 2. The van der Waals surface area contributed by atoms with E-state index >= 15 is 0 Å². The largest absolute Gasteiger partial charge is 0.435 e. The Morgan fingerprint density at radius 2 is 1.69 bits per heavy atom. The number of Topliss-reactive ketones (excluding diaryl/α,β-unsaturated/α-hetero) is 1. The second-order valence-corrected chi connectivity index (χ2v) is 8.64. The van der Waals surface area contributed by atoms with Gasteiger partial charge >= 0.3 is 6.61 Å². The minimum absolute atomic E-state index is 0.0210. The number of rotatable bonds is 7. The maximum atomic E-state index is 13.3. The number of carbonyl (C=O) groups excluding carboxylic acids is 2. The summed E-state index contributed by atoms with van der Waals surface area (Å²) < 4.78 is 30.7. The minimum Gasteiger partial charge on any atom is -0.435 e. The zero-order valence-corrected chi connectivity index (χ0v) is 18.5. The van der Waals surface area contributed by atoms with Gasteiger partial charge in [-0.25, -0.2) is 4.98 Å². The highest BCUT2D eigenvalue weighted by Crippen LogP contribution is 2.29. The van der Waals surface area contributed by atoms with Crippen LogP contribution in [0.3, 0.4) is 0 Å². The molecule has 5 nitrogen and oxygen atoms in total. The molecule has 32 heavy (non-hydrogen) atoms. The average Bonchev–Trinajstić information content (AvgIpc) is 3.16. The van der Waals surface area contributed by atoms with Crippen LogP contribution in [0.2, 0.25) is 5.02 Å². The molecule has 2 aromatic carbocycles. The number of halogens is 3. The van der Waals surface area contributed by atoms with Crippen LogP contribution in [0, 0.1) is 0 Å². The average molecular weight is 477 g/mol. The lowest BCUT2D eigenvalue weighted by Gasteiger charge is -2.14. The van der Waals surface area contributed by atoms with Crippen LogP contribution in [-0.4, -0.2) is 33.6 Å². The van der Waals surface area contributed by atoms with Crippen LogP contribution in [0.15, 0.2) is 53.7 Å². The first-order valence-corrected chi connectivity index (χ1v) is 11.4. The summed E-state index contributed by atoms with van der Waals surface area (Å²) >= 11 is 7.09. The lowest BCUT2D eigenvalue weighted by molar-refractivity contribution is -0.0498. The Kier molecular flexibility index (Phi) is 6.91. The highest BCUT2D eigenvalue weighted by atomic mass is 35.5. The quantitative estimate of drug-likeness (QED) is 0.324. The van der Waals surface area contributed by atoms with Crippen molar-refractivity contribution in [1.29, 1.82) is 0 Å². The Morgan fingerprint density at radius 1 is 1.03 bits per heavy atom. The van der Waals surface area contributed by atoms with Gasteiger partial charge in [0.05, 0.1) is 11.4 Å². The second-order valence-electron chi connectivity index (χ2n) is 7.26. The van der Waals surface area contributed by atoms with Gasteiger partial charge in [-0.1, -0.05) is 23.4 Å². The SMILES string of the molecule is O=C(CSc1nc2c(n1C(=O)c1ccc(OC(F)F)cc1)CCCC2)c1ccc(Cl)cc1. The molecule has 4 rings (SSSR count). The number of ether oxygens (including phenoxy) is 1. The van der Waals surface area contributed by atoms with Crippen LogP contribution < -0.4 is 4.74 Å². The normalized spacial score (nSPS) is 13.1. The molecule has 166 valence electrons. The van der Waals surface area contributed by atoms with Gasteiger partial charge in [0.2, 0.25) is 0 Å². The number of thioether (sulfide) groups is 1. The summed E-state index contributed by atoms with van der Waals surface area (Å²) in [6, 6.07) is 12.2. The predicted octanol–water partition coefficient (Wildman–Crippen LogP) is 5.68. The topological polar surface area (TPSA) is 61.2 Å². The van der Waals surface area contributed by atoms with E-state index in [1.165, 1.54) is 36.0 Å². The number of aromatic nitrogens is 2. The van der Waals surface area contributed by atoms with E-state index in [0.717, 1.165) is 30.7 Å². The molecule has 0 unspecified atom stereocenters. The number of fused-ring (bicyclic) bond motifs is 1. The molecular formula is C23H19ClF2N2O3S. The first kappa shape index (κ1) is 22.5. The first-order valence-electron chi connectivity index (χ1n) is 10.0. The predicted molar refractivity (Wildman–Crippen MR) is 118 cm³/mol. The van der Waals surface area contributed by atoms with Gasteiger partial charge in [0.1, 0.15) is 5.75 Å². The Morgan fingerprint density at radius 3 is 2.38 bits per heavy atom. The fraction of sp³-hybridized carbons (Fsp3) is 0.261. The summed E-state index contributed by atoms with van der Waals surface area (Å²) in [6.07, 6.45) is 3.43. The number of hydrogen-bond acceptors (Lipinski definition) is 5.